The van der Waals surface area contributed by atoms with Crippen LogP contribution in [0.5, 0.6) is 0 Å². The van der Waals surface area contributed by atoms with Gasteiger partial charge in [0.2, 0.25) is 0 Å². The van der Waals surface area contributed by atoms with E-state index < -0.39 is 0 Å². The van der Waals surface area contributed by atoms with E-state index in [0.717, 1.165) is 18.4 Å². The Kier molecular flexibility index (Phi) is 2.90. The van der Waals surface area contributed by atoms with Crippen LogP contribution in [-0.2, 0) is 0 Å². The van der Waals surface area contributed by atoms with E-state index in [4.69, 9.17) is 5.73 Å². The van der Waals surface area contributed by atoms with E-state index in [1.165, 1.54) is 13.0 Å². The van der Waals surface area contributed by atoms with Crippen molar-refractivity contribution in [3.63, 3.8) is 0 Å². The molecule has 1 heterocycles. The van der Waals surface area contributed by atoms with Crippen molar-refractivity contribution in [2.45, 2.75) is 26.3 Å². The highest BCUT2D eigenvalue weighted by Gasteiger charge is 2.27. The quantitative estimate of drug-likeness (QED) is 0.644. The van der Waals surface area contributed by atoms with Crippen molar-refractivity contribution in [2.24, 2.45) is 17.6 Å². The molecule has 0 aromatic heterocycles. The average Bonchev–Trinajstić information content (AvgIpc) is 2.09. The Morgan fingerprint density at radius 1 is 1.45 bits per heavy atom. The van der Waals surface area contributed by atoms with Crippen LogP contribution in [0, 0.1) is 11.8 Å². The monoisotopic (exact) mass is 156 g/mol. The van der Waals surface area contributed by atoms with Gasteiger partial charge in [0.15, 0.2) is 0 Å². The third kappa shape index (κ3) is 2.46. The molecule has 1 aliphatic rings. The summed E-state index contributed by atoms with van der Waals surface area (Å²) < 4.78 is 0. The zero-order valence-corrected chi connectivity index (χ0v) is 7.88. The van der Waals surface area contributed by atoms with Crippen molar-refractivity contribution in [1.82, 2.24) is 4.90 Å². The van der Waals surface area contributed by atoms with Crippen molar-refractivity contribution in [2.75, 3.05) is 20.1 Å². The molecule has 66 valence electrons. The summed E-state index contributed by atoms with van der Waals surface area (Å²) in [5.74, 6) is 1.53. The molecular weight excluding hydrogens is 136 g/mol. The predicted molar refractivity (Wildman–Crippen MR) is 48.4 cm³/mol. The first-order chi connectivity index (χ1) is 5.09. The van der Waals surface area contributed by atoms with E-state index in [9.17, 15) is 0 Å². The Balaban J connectivity index is 2.34. The van der Waals surface area contributed by atoms with E-state index in [2.05, 4.69) is 25.8 Å². The maximum absolute atomic E-state index is 5.98. The fourth-order valence-corrected chi connectivity index (χ4v) is 1.97. The number of nitrogens with zero attached hydrogens (tertiary/aromatic N) is 1. The highest BCUT2D eigenvalue weighted by Crippen LogP contribution is 2.20. The molecule has 0 radical (unpaired) electrons. The number of likely N-dealkylation sites (tertiary alicyclic amines) is 1. The van der Waals surface area contributed by atoms with Crippen molar-refractivity contribution in [1.29, 1.82) is 0 Å². The third-order valence-electron chi connectivity index (χ3n) is 2.45. The first-order valence-corrected chi connectivity index (χ1v) is 4.53. The van der Waals surface area contributed by atoms with Crippen molar-refractivity contribution in [3.05, 3.63) is 0 Å². The summed E-state index contributed by atoms with van der Waals surface area (Å²) >= 11 is 0. The van der Waals surface area contributed by atoms with Gasteiger partial charge >= 0.3 is 0 Å². The summed E-state index contributed by atoms with van der Waals surface area (Å²) in [4.78, 5) is 2.33. The number of hydrogen-bond donors (Lipinski definition) is 1. The summed E-state index contributed by atoms with van der Waals surface area (Å²) in [5.41, 5.74) is 5.98. The molecule has 2 heteroatoms. The summed E-state index contributed by atoms with van der Waals surface area (Å²) in [7, 11) is 2.15. The molecule has 0 saturated carbocycles. The van der Waals surface area contributed by atoms with Gasteiger partial charge in [0.1, 0.15) is 0 Å². The molecule has 0 aliphatic carbocycles. The Morgan fingerprint density at radius 2 is 2.09 bits per heavy atom. The second-order valence-corrected chi connectivity index (χ2v) is 4.27. The van der Waals surface area contributed by atoms with Crippen LogP contribution in [-0.4, -0.2) is 31.1 Å². The zero-order chi connectivity index (χ0) is 8.43. The third-order valence-corrected chi connectivity index (χ3v) is 2.45. The van der Waals surface area contributed by atoms with Gasteiger partial charge in [0.25, 0.3) is 0 Å². The van der Waals surface area contributed by atoms with Crippen LogP contribution >= 0.6 is 0 Å². The van der Waals surface area contributed by atoms with Crippen LogP contribution in [0.3, 0.4) is 0 Å². The van der Waals surface area contributed by atoms with Gasteiger partial charge in [-0.15, -0.1) is 0 Å². The maximum atomic E-state index is 5.98. The minimum absolute atomic E-state index is 0.419. The second kappa shape index (κ2) is 3.55. The summed E-state index contributed by atoms with van der Waals surface area (Å²) in [6.07, 6.45) is 1.28. The predicted octanol–water partition coefficient (Wildman–Crippen LogP) is 0.921. The molecule has 0 bridgehead atoms. The van der Waals surface area contributed by atoms with Gasteiger partial charge < -0.3 is 10.6 Å². The van der Waals surface area contributed by atoms with Gasteiger partial charge in [-0.3, -0.25) is 0 Å². The van der Waals surface area contributed by atoms with Gasteiger partial charge in [-0.2, -0.15) is 0 Å². The molecule has 11 heavy (non-hydrogen) atoms. The first kappa shape index (κ1) is 9.01. The fourth-order valence-electron chi connectivity index (χ4n) is 1.97. The lowest BCUT2D eigenvalue weighted by Gasteiger charge is -2.15. The molecule has 1 rings (SSSR count). The van der Waals surface area contributed by atoms with Gasteiger partial charge in [0, 0.05) is 19.1 Å². The van der Waals surface area contributed by atoms with Crippen LogP contribution in [0.2, 0.25) is 0 Å². The van der Waals surface area contributed by atoms with E-state index in [1.807, 2.05) is 0 Å². The van der Waals surface area contributed by atoms with Crippen molar-refractivity contribution < 1.29 is 0 Å². The molecule has 2 unspecified atom stereocenters. The van der Waals surface area contributed by atoms with E-state index in [1.54, 1.807) is 0 Å². The molecule has 0 amide bonds. The largest absolute Gasteiger partial charge is 0.326 e. The summed E-state index contributed by atoms with van der Waals surface area (Å²) in [6, 6.07) is 0.419. The molecule has 1 saturated heterocycles. The Hall–Kier alpha value is -0.0800. The summed E-state index contributed by atoms with van der Waals surface area (Å²) in [5, 5.41) is 0. The number of rotatable bonds is 2. The maximum Gasteiger partial charge on any atom is 0.0208 e. The zero-order valence-electron chi connectivity index (χ0n) is 7.88. The molecule has 1 fully saturated rings. The number of likely N-dealkylation sites (N-methyl/N-ethyl adjacent to an activating group) is 1. The molecular formula is C9H20N2. The number of hydrogen-bond acceptors (Lipinski definition) is 2. The molecule has 0 spiro atoms. The Bertz CT molecular complexity index is 123. The lowest BCUT2D eigenvalue weighted by atomic mass is 9.94. The molecule has 2 nitrogen and oxygen atoms in total. The molecule has 2 atom stereocenters. The fraction of sp³-hybridized carbons (Fsp3) is 1.00. The SMILES string of the molecule is CC(C)CC1CN(C)CC1N. The smallest absolute Gasteiger partial charge is 0.0208 e. The molecule has 1 aliphatic heterocycles. The van der Waals surface area contributed by atoms with Crippen molar-refractivity contribution >= 4 is 0 Å². The summed E-state index contributed by atoms with van der Waals surface area (Å²) in [6.45, 7) is 6.81. The standard InChI is InChI=1S/C9H20N2/c1-7(2)4-8-5-11(3)6-9(8)10/h7-9H,4-6,10H2,1-3H3. The average molecular weight is 156 g/mol. The minimum Gasteiger partial charge on any atom is -0.326 e. The molecule has 0 aromatic carbocycles. The number of nitrogens with two attached hydrogens (primary N) is 1. The molecule has 2 N–H and O–H groups in total. The topological polar surface area (TPSA) is 29.3 Å². The Morgan fingerprint density at radius 3 is 2.45 bits per heavy atom. The normalized spacial score (nSPS) is 33.5. The minimum atomic E-state index is 0.419. The molecule has 0 aromatic rings. The van der Waals surface area contributed by atoms with Crippen LogP contribution < -0.4 is 5.73 Å². The van der Waals surface area contributed by atoms with E-state index in [0.29, 0.717) is 6.04 Å². The van der Waals surface area contributed by atoms with Gasteiger partial charge in [-0.1, -0.05) is 13.8 Å². The highest BCUT2D eigenvalue weighted by atomic mass is 15.1. The van der Waals surface area contributed by atoms with Crippen LogP contribution in [0.25, 0.3) is 0 Å². The van der Waals surface area contributed by atoms with Crippen LogP contribution in [0.4, 0.5) is 0 Å². The lowest BCUT2D eigenvalue weighted by Crippen LogP contribution is -2.29. The second-order valence-electron chi connectivity index (χ2n) is 4.27. The lowest BCUT2D eigenvalue weighted by molar-refractivity contribution is 0.363. The van der Waals surface area contributed by atoms with Crippen molar-refractivity contribution in [3.8, 4) is 0 Å². The van der Waals surface area contributed by atoms with Crippen LogP contribution in [0.1, 0.15) is 20.3 Å². The van der Waals surface area contributed by atoms with Gasteiger partial charge in [-0.05, 0) is 25.3 Å². The van der Waals surface area contributed by atoms with Gasteiger partial charge in [0.05, 0.1) is 0 Å². The van der Waals surface area contributed by atoms with E-state index in [-0.39, 0.29) is 0 Å². The van der Waals surface area contributed by atoms with E-state index >= 15 is 0 Å². The first-order valence-electron chi connectivity index (χ1n) is 4.53. The highest BCUT2D eigenvalue weighted by molar-refractivity contribution is 4.85. The Labute approximate surface area is 69.8 Å². The van der Waals surface area contributed by atoms with Gasteiger partial charge in [-0.25, -0.2) is 0 Å². The van der Waals surface area contributed by atoms with Crippen LogP contribution in [0.15, 0.2) is 0 Å².